The van der Waals surface area contributed by atoms with Crippen molar-refractivity contribution in [1.29, 1.82) is 0 Å². The van der Waals surface area contributed by atoms with Crippen molar-refractivity contribution in [2.24, 2.45) is 5.10 Å². The van der Waals surface area contributed by atoms with Gasteiger partial charge in [-0.1, -0.05) is 17.7 Å². The van der Waals surface area contributed by atoms with Crippen molar-refractivity contribution in [3.63, 3.8) is 0 Å². The summed E-state index contributed by atoms with van der Waals surface area (Å²) in [6.07, 6.45) is 1.39. The molecule has 9 heteroatoms. The van der Waals surface area contributed by atoms with Gasteiger partial charge in [-0.15, -0.1) is 0 Å². The Balaban J connectivity index is 1.57. The highest BCUT2D eigenvalue weighted by Gasteiger charge is 2.11. The van der Waals surface area contributed by atoms with Gasteiger partial charge in [0.15, 0.2) is 0 Å². The zero-order valence-corrected chi connectivity index (χ0v) is 16.1. The molecular formula is C21H14ClN3O5. The minimum Gasteiger partial charge on any atom is -0.423 e. The molecule has 150 valence electrons. The third-order valence-electron chi connectivity index (χ3n) is 3.87. The summed E-state index contributed by atoms with van der Waals surface area (Å²) in [5, 5.41) is 15.1. The fourth-order valence-electron chi connectivity index (χ4n) is 2.36. The minimum absolute atomic E-state index is 0.116. The first-order chi connectivity index (χ1) is 14.4. The topological polar surface area (TPSA) is 111 Å². The molecule has 0 radical (unpaired) electrons. The van der Waals surface area contributed by atoms with E-state index in [9.17, 15) is 19.7 Å². The predicted molar refractivity (Wildman–Crippen MR) is 111 cm³/mol. The number of rotatable bonds is 6. The lowest BCUT2D eigenvalue weighted by atomic mass is 10.2. The van der Waals surface area contributed by atoms with Gasteiger partial charge in [-0.25, -0.2) is 10.2 Å². The first-order valence-electron chi connectivity index (χ1n) is 8.58. The lowest BCUT2D eigenvalue weighted by Crippen LogP contribution is -2.17. The van der Waals surface area contributed by atoms with E-state index in [2.05, 4.69) is 10.5 Å². The van der Waals surface area contributed by atoms with E-state index in [0.717, 1.165) is 6.07 Å². The van der Waals surface area contributed by atoms with Crippen LogP contribution in [-0.2, 0) is 0 Å². The molecule has 3 aromatic carbocycles. The zero-order chi connectivity index (χ0) is 21.5. The molecule has 3 aromatic rings. The van der Waals surface area contributed by atoms with Crippen LogP contribution in [0.5, 0.6) is 5.75 Å². The van der Waals surface area contributed by atoms with E-state index in [1.54, 1.807) is 48.5 Å². The number of amides is 1. The summed E-state index contributed by atoms with van der Waals surface area (Å²) < 4.78 is 5.28. The van der Waals surface area contributed by atoms with Gasteiger partial charge in [0.1, 0.15) is 5.75 Å². The summed E-state index contributed by atoms with van der Waals surface area (Å²) in [5.41, 5.74) is 3.24. The first-order valence-corrected chi connectivity index (χ1v) is 8.96. The number of non-ortho nitro benzene ring substituents is 1. The Hall–Kier alpha value is -4.04. The van der Waals surface area contributed by atoms with E-state index in [1.165, 1.54) is 24.4 Å². The van der Waals surface area contributed by atoms with E-state index >= 15 is 0 Å². The number of nitrogens with zero attached hydrogens (tertiary/aromatic N) is 2. The SMILES string of the molecule is O=C(N/N=C\c1ccc(OC(=O)c2ccc(Cl)cc2)cc1)c1cccc([N+](=O)[O-])c1. The molecule has 0 aromatic heterocycles. The lowest BCUT2D eigenvalue weighted by Gasteiger charge is -2.05. The number of ether oxygens (including phenoxy) is 1. The van der Waals surface area contributed by atoms with Gasteiger partial charge in [0.2, 0.25) is 0 Å². The molecule has 1 N–H and O–H groups in total. The average molecular weight is 424 g/mol. The number of carbonyl (C=O) groups is 2. The van der Waals surface area contributed by atoms with Gasteiger partial charge in [0.05, 0.1) is 16.7 Å². The molecule has 1 amide bonds. The first kappa shape index (κ1) is 20.7. The average Bonchev–Trinajstić information content (AvgIpc) is 2.75. The quantitative estimate of drug-likeness (QED) is 0.210. The van der Waals surface area contributed by atoms with E-state index < -0.39 is 16.8 Å². The number of hydrogen-bond donors (Lipinski definition) is 1. The molecular weight excluding hydrogens is 410 g/mol. The summed E-state index contributed by atoms with van der Waals surface area (Å²) in [7, 11) is 0. The molecule has 0 unspecified atom stereocenters. The molecule has 0 aliphatic rings. The third-order valence-corrected chi connectivity index (χ3v) is 4.12. The highest BCUT2D eigenvalue weighted by Crippen LogP contribution is 2.16. The van der Waals surface area contributed by atoms with Crippen LogP contribution in [0.25, 0.3) is 0 Å². The normalized spacial score (nSPS) is 10.6. The van der Waals surface area contributed by atoms with Gasteiger partial charge in [-0.2, -0.15) is 5.10 Å². The van der Waals surface area contributed by atoms with E-state index in [4.69, 9.17) is 16.3 Å². The number of carbonyl (C=O) groups excluding carboxylic acids is 2. The molecule has 0 saturated heterocycles. The van der Waals surface area contributed by atoms with Crippen LogP contribution in [0.15, 0.2) is 77.9 Å². The van der Waals surface area contributed by atoms with E-state index in [0.29, 0.717) is 21.9 Å². The maximum atomic E-state index is 12.1. The van der Waals surface area contributed by atoms with Crippen LogP contribution in [-0.4, -0.2) is 23.0 Å². The number of nitrogens with one attached hydrogen (secondary N) is 1. The summed E-state index contributed by atoms with van der Waals surface area (Å²) >= 11 is 5.79. The standard InChI is InChI=1S/C21H14ClN3O5/c22-17-8-6-15(7-9-17)21(27)30-19-10-4-14(5-11-19)13-23-24-20(26)16-2-1-3-18(12-16)25(28)29/h1-13H,(H,24,26)/b23-13-. The van der Waals surface area contributed by atoms with Crippen LogP contribution in [0.3, 0.4) is 0 Å². The number of hydrazone groups is 1. The Morgan fingerprint density at radius 3 is 2.37 bits per heavy atom. The van der Waals surface area contributed by atoms with Crippen molar-refractivity contribution in [2.75, 3.05) is 0 Å². The summed E-state index contributed by atoms with van der Waals surface area (Å²) in [4.78, 5) is 34.3. The molecule has 0 heterocycles. The summed E-state index contributed by atoms with van der Waals surface area (Å²) in [5.74, 6) is -0.756. The van der Waals surface area contributed by atoms with Gasteiger partial charge in [-0.3, -0.25) is 14.9 Å². The number of halogens is 1. The summed E-state index contributed by atoms with van der Waals surface area (Å²) in [6, 6.07) is 18.1. The van der Waals surface area contributed by atoms with Crippen LogP contribution in [0.4, 0.5) is 5.69 Å². The van der Waals surface area contributed by atoms with Gasteiger partial charge in [-0.05, 0) is 60.2 Å². The monoisotopic (exact) mass is 423 g/mol. The third kappa shape index (κ3) is 5.49. The van der Waals surface area contributed by atoms with Crippen LogP contribution in [0.1, 0.15) is 26.3 Å². The molecule has 0 spiro atoms. The molecule has 8 nitrogen and oxygen atoms in total. The van der Waals surface area contributed by atoms with Crippen molar-refractivity contribution in [3.8, 4) is 5.75 Å². The second-order valence-electron chi connectivity index (χ2n) is 5.97. The maximum Gasteiger partial charge on any atom is 0.343 e. The molecule has 0 bridgehead atoms. The summed E-state index contributed by atoms with van der Waals surface area (Å²) in [6.45, 7) is 0. The Labute approximate surface area is 175 Å². The number of nitro groups is 1. The van der Waals surface area contributed by atoms with Crippen molar-refractivity contribution in [1.82, 2.24) is 5.43 Å². The fraction of sp³-hybridized carbons (Fsp3) is 0. The Morgan fingerprint density at radius 2 is 1.70 bits per heavy atom. The molecule has 0 aliphatic heterocycles. The largest absolute Gasteiger partial charge is 0.423 e. The Bertz CT molecular complexity index is 1110. The lowest BCUT2D eigenvalue weighted by molar-refractivity contribution is -0.384. The molecule has 0 fully saturated rings. The molecule has 0 atom stereocenters. The van der Waals surface area contributed by atoms with Crippen LogP contribution in [0, 0.1) is 10.1 Å². The van der Waals surface area contributed by atoms with Crippen molar-refractivity contribution in [2.45, 2.75) is 0 Å². The number of nitro benzene ring substituents is 1. The molecule has 0 aliphatic carbocycles. The zero-order valence-electron chi connectivity index (χ0n) is 15.3. The molecule has 3 rings (SSSR count). The molecule has 0 saturated carbocycles. The van der Waals surface area contributed by atoms with Gasteiger partial charge >= 0.3 is 5.97 Å². The maximum absolute atomic E-state index is 12.1. The van der Waals surface area contributed by atoms with E-state index in [1.807, 2.05) is 0 Å². The van der Waals surface area contributed by atoms with Crippen LogP contribution >= 0.6 is 11.6 Å². The molecule has 30 heavy (non-hydrogen) atoms. The van der Waals surface area contributed by atoms with Crippen molar-refractivity contribution >= 4 is 35.4 Å². The Morgan fingerprint density at radius 1 is 1.00 bits per heavy atom. The van der Waals surface area contributed by atoms with Crippen LogP contribution < -0.4 is 10.2 Å². The van der Waals surface area contributed by atoms with Gasteiger partial charge < -0.3 is 4.74 Å². The predicted octanol–water partition coefficient (Wildman–Crippen LogP) is 4.23. The van der Waals surface area contributed by atoms with Crippen LogP contribution in [0.2, 0.25) is 5.02 Å². The van der Waals surface area contributed by atoms with Gasteiger partial charge in [0.25, 0.3) is 11.6 Å². The second-order valence-corrected chi connectivity index (χ2v) is 6.41. The fourth-order valence-corrected chi connectivity index (χ4v) is 2.49. The van der Waals surface area contributed by atoms with Crippen molar-refractivity contribution < 1.29 is 19.2 Å². The smallest absolute Gasteiger partial charge is 0.343 e. The van der Waals surface area contributed by atoms with Gasteiger partial charge in [0, 0.05) is 22.7 Å². The second kappa shape index (κ2) is 9.44. The minimum atomic E-state index is -0.582. The highest BCUT2D eigenvalue weighted by molar-refractivity contribution is 6.30. The Kier molecular flexibility index (Phi) is 6.51. The number of esters is 1. The number of benzene rings is 3. The van der Waals surface area contributed by atoms with E-state index in [-0.39, 0.29) is 11.3 Å². The van der Waals surface area contributed by atoms with Crippen molar-refractivity contribution in [3.05, 3.63) is 105 Å². The highest BCUT2D eigenvalue weighted by atomic mass is 35.5. The number of hydrogen-bond acceptors (Lipinski definition) is 6.